The molecule has 1 aliphatic carbocycles. The minimum Gasteiger partial charge on any atom is -0.480 e. The number of carbonyl (C=O) groups excluding carboxylic acids is 1. The van der Waals surface area contributed by atoms with Gasteiger partial charge < -0.3 is 20.7 Å². The van der Waals surface area contributed by atoms with Gasteiger partial charge in [0.15, 0.2) is 0 Å². The Morgan fingerprint density at radius 1 is 1.09 bits per heavy atom. The molecule has 1 aliphatic rings. The number of nitrogens with zero attached hydrogens (tertiary/aromatic N) is 1. The van der Waals surface area contributed by atoms with Gasteiger partial charge in [-0.2, -0.15) is 0 Å². The van der Waals surface area contributed by atoms with E-state index < -0.39 is 12.0 Å². The van der Waals surface area contributed by atoms with Gasteiger partial charge in [-0.1, -0.05) is 62.4 Å². The summed E-state index contributed by atoms with van der Waals surface area (Å²) in [5.41, 5.74) is 3.92. The molecule has 33 heavy (non-hydrogen) atoms. The Hall–Kier alpha value is -3.61. The Morgan fingerprint density at radius 2 is 1.88 bits per heavy atom. The number of anilines is 1. The van der Waals surface area contributed by atoms with Gasteiger partial charge in [0.05, 0.1) is 18.6 Å². The Kier molecular flexibility index (Phi) is 7.40. The summed E-state index contributed by atoms with van der Waals surface area (Å²) in [6, 6.07) is 14.3. The molecule has 2 aromatic carbocycles. The highest BCUT2D eigenvalue weighted by molar-refractivity contribution is 6.03. The summed E-state index contributed by atoms with van der Waals surface area (Å²) < 4.78 is 0. The molecule has 0 aliphatic heterocycles. The van der Waals surface area contributed by atoms with E-state index in [0.29, 0.717) is 24.4 Å². The van der Waals surface area contributed by atoms with Crippen molar-refractivity contribution in [1.82, 2.24) is 15.3 Å². The molecule has 1 aromatic heterocycles. The average molecular weight is 447 g/mol. The minimum atomic E-state index is -0.979. The first-order valence-corrected chi connectivity index (χ1v) is 11.5. The highest BCUT2D eigenvalue weighted by Gasteiger charge is 2.26. The number of H-pyrrole nitrogens is 1. The van der Waals surface area contributed by atoms with E-state index in [2.05, 4.69) is 20.6 Å². The Bertz CT molecular complexity index is 1060. The number of rotatable bonds is 9. The molecular weight excluding hydrogens is 416 g/mol. The maximum Gasteiger partial charge on any atom is 0.326 e. The van der Waals surface area contributed by atoms with E-state index in [4.69, 9.17) is 0 Å². The van der Waals surface area contributed by atoms with Gasteiger partial charge in [0, 0.05) is 17.4 Å². The van der Waals surface area contributed by atoms with Crippen LogP contribution >= 0.6 is 0 Å². The molecule has 1 unspecified atom stereocenters. The van der Waals surface area contributed by atoms with Crippen molar-refractivity contribution >= 4 is 17.6 Å². The fraction of sp³-hybridized carbons (Fsp3) is 0.346. The van der Waals surface area contributed by atoms with Gasteiger partial charge in [0.25, 0.3) is 5.91 Å². The molecule has 3 aromatic rings. The van der Waals surface area contributed by atoms with Crippen LogP contribution in [0.3, 0.4) is 0 Å². The molecule has 4 rings (SSSR count). The van der Waals surface area contributed by atoms with E-state index >= 15 is 0 Å². The lowest BCUT2D eigenvalue weighted by molar-refractivity contribution is -0.139. The van der Waals surface area contributed by atoms with Gasteiger partial charge in [-0.15, -0.1) is 0 Å². The van der Waals surface area contributed by atoms with E-state index in [1.165, 1.54) is 6.42 Å². The second kappa shape index (κ2) is 10.8. The first-order valence-electron chi connectivity index (χ1n) is 11.5. The van der Waals surface area contributed by atoms with Crippen molar-refractivity contribution in [3.63, 3.8) is 0 Å². The standard InChI is InChI=1S/C26H30N4O3/c31-25(30-24(26(32)33)13-18-7-3-1-4-8-18)22-12-11-20(28-16-21-15-27-17-29-21)14-23(22)19-9-5-2-6-10-19/h2,5-6,9-12,14-15,17-18,24,28H,1,3-4,7-8,13,16H2,(H,27,29)(H,30,31)(H,32,33). The fourth-order valence-corrected chi connectivity index (χ4v) is 4.50. The van der Waals surface area contributed by atoms with Crippen LogP contribution in [-0.4, -0.2) is 33.0 Å². The van der Waals surface area contributed by atoms with Crippen LogP contribution in [-0.2, 0) is 11.3 Å². The van der Waals surface area contributed by atoms with E-state index in [1.807, 2.05) is 42.5 Å². The number of amides is 1. The minimum absolute atomic E-state index is 0.350. The maximum atomic E-state index is 13.2. The number of aromatic amines is 1. The van der Waals surface area contributed by atoms with E-state index in [-0.39, 0.29) is 5.91 Å². The molecule has 7 nitrogen and oxygen atoms in total. The van der Waals surface area contributed by atoms with Crippen molar-refractivity contribution in [2.24, 2.45) is 5.92 Å². The number of aliphatic carboxylic acids is 1. The van der Waals surface area contributed by atoms with Crippen molar-refractivity contribution in [2.45, 2.75) is 51.1 Å². The second-order valence-corrected chi connectivity index (χ2v) is 8.66. The number of carboxylic acid groups (broad SMARTS) is 1. The smallest absolute Gasteiger partial charge is 0.326 e. The average Bonchev–Trinajstić information content (AvgIpc) is 3.37. The Balaban J connectivity index is 1.55. The topological polar surface area (TPSA) is 107 Å². The molecule has 172 valence electrons. The first-order chi connectivity index (χ1) is 16.1. The molecule has 1 heterocycles. The summed E-state index contributed by atoms with van der Waals surface area (Å²) in [7, 11) is 0. The molecule has 1 fully saturated rings. The molecule has 1 atom stereocenters. The Morgan fingerprint density at radius 3 is 2.58 bits per heavy atom. The first kappa shape index (κ1) is 22.6. The summed E-state index contributed by atoms with van der Waals surface area (Å²) in [6.07, 6.45) is 9.41. The van der Waals surface area contributed by atoms with Crippen LogP contribution < -0.4 is 10.6 Å². The number of aromatic nitrogens is 2. The number of hydrogen-bond acceptors (Lipinski definition) is 4. The van der Waals surface area contributed by atoms with E-state index in [9.17, 15) is 14.7 Å². The van der Waals surface area contributed by atoms with Crippen LogP contribution in [0.2, 0.25) is 0 Å². The molecule has 1 saturated carbocycles. The summed E-state index contributed by atoms with van der Waals surface area (Å²) in [6.45, 7) is 0.572. The summed E-state index contributed by atoms with van der Waals surface area (Å²) >= 11 is 0. The van der Waals surface area contributed by atoms with Gasteiger partial charge in [-0.3, -0.25) is 4.79 Å². The quantitative estimate of drug-likeness (QED) is 0.376. The van der Waals surface area contributed by atoms with Crippen LogP contribution in [0, 0.1) is 5.92 Å². The zero-order valence-corrected chi connectivity index (χ0v) is 18.6. The number of carbonyl (C=O) groups is 2. The molecule has 0 saturated heterocycles. The molecule has 4 N–H and O–H groups in total. The molecule has 1 amide bonds. The number of nitrogens with one attached hydrogen (secondary N) is 3. The van der Waals surface area contributed by atoms with Gasteiger partial charge in [0.2, 0.25) is 0 Å². The highest BCUT2D eigenvalue weighted by atomic mass is 16.4. The van der Waals surface area contributed by atoms with Crippen LogP contribution in [0.1, 0.15) is 54.6 Å². The zero-order valence-electron chi connectivity index (χ0n) is 18.6. The number of hydrogen-bond donors (Lipinski definition) is 4. The fourth-order valence-electron chi connectivity index (χ4n) is 4.50. The van der Waals surface area contributed by atoms with Crippen molar-refractivity contribution in [3.05, 3.63) is 72.3 Å². The monoisotopic (exact) mass is 446 g/mol. The number of carboxylic acids is 1. The predicted octanol–water partition coefficient (Wildman–Crippen LogP) is 4.84. The highest BCUT2D eigenvalue weighted by Crippen LogP contribution is 2.29. The van der Waals surface area contributed by atoms with Crippen molar-refractivity contribution in [3.8, 4) is 11.1 Å². The molecule has 7 heteroatoms. The van der Waals surface area contributed by atoms with E-state index in [0.717, 1.165) is 48.2 Å². The number of benzene rings is 2. The van der Waals surface area contributed by atoms with Gasteiger partial charge >= 0.3 is 5.97 Å². The van der Waals surface area contributed by atoms with Crippen molar-refractivity contribution < 1.29 is 14.7 Å². The summed E-state index contributed by atoms with van der Waals surface area (Å²) in [4.78, 5) is 32.2. The van der Waals surface area contributed by atoms with Gasteiger partial charge in [-0.05, 0) is 41.7 Å². The van der Waals surface area contributed by atoms with E-state index in [1.54, 1.807) is 18.6 Å². The van der Waals surface area contributed by atoms with Crippen LogP contribution in [0.25, 0.3) is 11.1 Å². The van der Waals surface area contributed by atoms with Gasteiger partial charge in [-0.25, -0.2) is 9.78 Å². The molecule has 0 radical (unpaired) electrons. The van der Waals surface area contributed by atoms with Crippen LogP contribution in [0.15, 0.2) is 61.1 Å². The van der Waals surface area contributed by atoms with Crippen LogP contribution in [0.5, 0.6) is 0 Å². The molecular formula is C26H30N4O3. The third-order valence-electron chi connectivity index (χ3n) is 6.28. The lowest BCUT2D eigenvalue weighted by Gasteiger charge is -2.25. The molecule has 0 spiro atoms. The molecule has 0 bridgehead atoms. The SMILES string of the molecule is O=C(NC(CC1CCCCC1)C(=O)O)c1ccc(NCc2cnc[nH]2)cc1-c1ccccc1. The van der Waals surface area contributed by atoms with Crippen molar-refractivity contribution in [1.29, 1.82) is 0 Å². The lowest BCUT2D eigenvalue weighted by atomic mass is 9.84. The van der Waals surface area contributed by atoms with Gasteiger partial charge in [0.1, 0.15) is 6.04 Å². The third kappa shape index (κ3) is 6.00. The normalized spacial score (nSPS) is 15.0. The second-order valence-electron chi connectivity index (χ2n) is 8.66. The summed E-state index contributed by atoms with van der Waals surface area (Å²) in [5, 5.41) is 15.9. The summed E-state index contributed by atoms with van der Waals surface area (Å²) in [5.74, 6) is -0.993. The predicted molar refractivity (Wildman–Crippen MR) is 128 cm³/mol. The van der Waals surface area contributed by atoms with Crippen LogP contribution in [0.4, 0.5) is 5.69 Å². The lowest BCUT2D eigenvalue weighted by Crippen LogP contribution is -2.42. The largest absolute Gasteiger partial charge is 0.480 e. The zero-order chi connectivity index (χ0) is 23.0. The number of imidazole rings is 1. The maximum absolute atomic E-state index is 13.2. The Labute approximate surface area is 193 Å². The van der Waals surface area contributed by atoms with Crippen molar-refractivity contribution in [2.75, 3.05) is 5.32 Å². The third-order valence-corrected chi connectivity index (χ3v) is 6.28.